The van der Waals surface area contributed by atoms with Crippen LogP contribution in [0.5, 0.6) is 0 Å². The largest absolute Gasteiger partial charge is 0.393 e. The van der Waals surface area contributed by atoms with Gasteiger partial charge in [-0.25, -0.2) is 0 Å². The number of rotatable bonds is 7. The van der Waals surface area contributed by atoms with Crippen LogP contribution in [0.3, 0.4) is 0 Å². The van der Waals surface area contributed by atoms with Gasteiger partial charge in [-0.15, -0.1) is 0 Å². The van der Waals surface area contributed by atoms with Gasteiger partial charge in [0.1, 0.15) is 0 Å². The number of aliphatic hydroxyl groups excluding tert-OH is 5. The molecule has 3 aliphatic carbocycles. The highest BCUT2D eigenvalue weighted by Gasteiger charge is 2.50. The summed E-state index contributed by atoms with van der Waals surface area (Å²) in [6, 6.07) is 14.7. The second-order valence-corrected chi connectivity index (χ2v) is 12.6. The van der Waals surface area contributed by atoms with Gasteiger partial charge in [0, 0.05) is 17.8 Å². The van der Waals surface area contributed by atoms with Gasteiger partial charge in [0.15, 0.2) is 6.29 Å². The summed E-state index contributed by atoms with van der Waals surface area (Å²) >= 11 is 0. The molecule has 3 saturated carbocycles. The van der Waals surface area contributed by atoms with E-state index in [1.165, 1.54) is 16.3 Å². The maximum absolute atomic E-state index is 11.4. The monoisotopic (exact) mass is 526 g/mol. The van der Waals surface area contributed by atoms with Gasteiger partial charge in [0.05, 0.1) is 24.4 Å². The van der Waals surface area contributed by atoms with Crippen molar-refractivity contribution in [2.24, 2.45) is 35.5 Å². The van der Waals surface area contributed by atoms with E-state index < -0.39 is 48.5 Å². The van der Waals surface area contributed by atoms with Crippen LogP contribution < -0.4 is 0 Å². The molecule has 210 valence electrons. The maximum atomic E-state index is 11.4. The summed E-state index contributed by atoms with van der Waals surface area (Å²) in [7, 11) is 0. The smallest absolute Gasteiger partial charge is 0.156 e. The molecule has 6 heteroatoms. The fourth-order valence-electron chi connectivity index (χ4n) is 8.14. The van der Waals surface area contributed by atoms with Gasteiger partial charge in [-0.1, -0.05) is 61.7 Å². The minimum atomic E-state index is -1.68. The van der Waals surface area contributed by atoms with Crippen LogP contribution in [0.4, 0.5) is 0 Å². The second-order valence-electron chi connectivity index (χ2n) is 12.6. The zero-order valence-electron chi connectivity index (χ0n) is 22.4. The molecule has 6 N–H and O–H groups in total. The predicted octanol–water partition coefficient (Wildman–Crippen LogP) is 3.78. The van der Waals surface area contributed by atoms with E-state index in [2.05, 4.69) is 36.4 Å². The highest BCUT2D eigenvalue weighted by molar-refractivity contribution is 5.85. The van der Waals surface area contributed by atoms with Gasteiger partial charge >= 0.3 is 0 Å². The molecule has 0 heterocycles. The molecule has 3 aliphatic rings. The van der Waals surface area contributed by atoms with Crippen LogP contribution in [0.25, 0.3) is 10.8 Å². The Hall–Kier alpha value is -1.54. The lowest BCUT2D eigenvalue weighted by Gasteiger charge is -2.49. The Morgan fingerprint density at radius 1 is 0.737 bits per heavy atom. The molecule has 9 unspecified atom stereocenters. The number of hydrogen-bond donors (Lipinski definition) is 6. The molecule has 2 aromatic rings. The molecule has 38 heavy (non-hydrogen) atoms. The number of benzene rings is 2. The SMILES string of the molecule is OC(O)C1CC(C(O)CC2CCC(Cc3cccc4ccccc34)C(O)C2)C(O)C(C2CCCCC2)C1O. The molecule has 0 spiro atoms. The van der Waals surface area contributed by atoms with Crippen molar-refractivity contribution < 1.29 is 30.6 Å². The van der Waals surface area contributed by atoms with Crippen molar-refractivity contribution in [3.63, 3.8) is 0 Å². The summed E-state index contributed by atoms with van der Waals surface area (Å²) in [6.07, 6.45) is 4.22. The fraction of sp³-hybridized carbons (Fsp3) is 0.688. The molecule has 6 nitrogen and oxygen atoms in total. The third kappa shape index (κ3) is 5.96. The van der Waals surface area contributed by atoms with Crippen molar-refractivity contribution in [1.29, 1.82) is 0 Å². The first-order chi connectivity index (χ1) is 18.3. The average Bonchev–Trinajstić information content (AvgIpc) is 2.91. The lowest BCUT2D eigenvalue weighted by atomic mass is 9.61. The van der Waals surface area contributed by atoms with Crippen molar-refractivity contribution >= 4 is 10.8 Å². The zero-order valence-corrected chi connectivity index (χ0v) is 22.4. The van der Waals surface area contributed by atoms with Crippen molar-refractivity contribution in [3.05, 3.63) is 48.0 Å². The third-order valence-corrected chi connectivity index (χ3v) is 10.3. The summed E-state index contributed by atoms with van der Waals surface area (Å²) < 4.78 is 0. The summed E-state index contributed by atoms with van der Waals surface area (Å²) in [5.74, 6) is -1.27. The van der Waals surface area contributed by atoms with Crippen LogP contribution in [-0.4, -0.2) is 61.3 Å². The van der Waals surface area contributed by atoms with Gasteiger partial charge < -0.3 is 30.6 Å². The van der Waals surface area contributed by atoms with Gasteiger partial charge in [0.25, 0.3) is 0 Å². The summed E-state index contributed by atoms with van der Waals surface area (Å²) in [5.41, 5.74) is 1.26. The Bertz CT molecular complexity index is 1030. The topological polar surface area (TPSA) is 121 Å². The maximum Gasteiger partial charge on any atom is 0.156 e. The Balaban J connectivity index is 1.22. The van der Waals surface area contributed by atoms with E-state index in [0.29, 0.717) is 12.8 Å². The van der Waals surface area contributed by atoms with Crippen molar-refractivity contribution in [3.8, 4) is 0 Å². The molecular weight excluding hydrogens is 480 g/mol. The van der Waals surface area contributed by atoms with E-state index in [4.69, 9.17) is 0 Å². The van der Waals surface area contributed by atoms with E-state index >= 15 is 0 Å². The van der Waals surface area contributed by atoms with Gasteiger partial charge in [0.2, 0.25) is 0 Å². The Labute approximate surface area is 226 Å². The molecule has 3 fully saturated rings. The van der Waals surface area contributed by atoms with E-state index in [1.54, 1.807) is 0 Å². The van der Waals surface area contributed by atoms with E-state index in [0.717, 1.165) is 51.4 Å². The molecule has 0 aromatic heterocycles. The standard InChI is InChI=1S/C32H46O6/c33-27-15-19(13-14-23(27)17-22-11-6-10-20-7-4-5-12-24(20)22)16-28(34)25-18-26(32(37)38)31(36)29(30(25)35)21-8-2-1-3-9-21/h4-7,10-12,19,21,23,25-38H,1-3,8-9,13-18H2. The predicted molar refractivity (Wildman–Crippen MR) is 147 cm³/mol. The molecule has 0 saturated heterocycles. The normalized spacial score (nSPS) is 36.0. The molecular formula is C32H46O6. The molecule has 5 rings (SSSR count). The summed E-state index contributed by atoms with van der Waals surface area (Å²) in [5, 5.41) is 67.3. The molecule has 2 aromatic carbocycles. The zero-order chi connectivity index (χ0) is 26.8. The van der Waals surface area contributed by atoms with Gasteiger partial charge in [-0.3, -0.25) is 0 Å². The highest BCUT2D eigenvalue weighted by Crippen LogP contribution is 2.46. The van der Waals surface area contributed by atoms with Crippen LogP contribution >= 0.6 is 0 Å². The number of fused-ring (bicyclic) bond motifs is 1. The quantitative estimate of drug-likeness (QED) is 0.306. The van der Waals surface area contributed by atoms with Crippen molar-refractivity contribution in [2.45, 2.75) is 101 Å². The summed E-state index contributed by atoms with van der Waals surface area (Å²) in [4.78, 5) is 0. The number of aliphatic hydroxyl groups is 6. The lowest BCUT2D eigenvalue weighted by molar-refractivity contribution is -0.198. The van der Waals surface area contributed by atoms with E-state index in [1.807, 2.05) is 6.07 Å². The fourth-order valence-corrected chi connectivity index (χ4v) is 8.14. The third-order valence-electron chi connectivity index (χ3n) is 10.3. The van der Waals surface area contributed by atoms with Crippen LogP contribution in [0.2, 0.25) is 0 Å². The van der Waals surface area contributed by atoms with Gasteiger partial charge in [-0.05, 0) is 85.5 Å². The Kier molecular flexibility index (Phi) is 9.08. The first kappa shape index (κ1) is 28.0. The molecule has 9 atom stereocenters. The Morgan fingerprint density at radius 3 is 2.18 bits per heavy atom. The van der Waals surface area contributed by atoms with Crippen molar-refractivity contribution in [2.75, 3.05) is 0 Å². The molecule has 0 aliphatic heterocycles. The first-order valence-electron chi connectivity index (χ1n) is 14.9. The minimum absolute atomic E-state index is 0.135. The first-order valence-corrected chi connectivity index (χ1v) is 14.9. The van der Waals surface area contributed by atoms with E-state index in [9.17, 15) is 30.6 Å². The van der Waals surface area contributed by atoms with Crippen LogP contribution in [-0.2, 0) is 6.42 Å². The van der Waals surface area contributed by atoms with Crippen LogP contribution in [0.1, 0.15) is 69.8 Å². The molecule has 0 amide bonds. The average molecular weight is 527 g/mol. The molecule has 0 bridgehead atoms. The van der Waals surface area contributed by atoms with Crippen LogP contribution in [0.15, 0.2) is 42.5 Å². The van der Waals surface area contributed by atoms with Crippen LogP contribution in [0, 0.1) is 35.5 Å². The second kappa shape index (κ2) is 12.3. The Morgan fingerprint density at radius 2 is 1.45 bits per heavy atom. The summed E-state index contributed by atoms with van der Waals surface area (Å²) in [6.45, 7) is 0. The molecule has 0 radical (unpaired) electrons. The minimum Gasteiger partial charge on any atom is -0.393 e. The van der Waals surface area contributed by atoms with E-state index in [-0.39, 0.29) is 24.2 Å². The highest BCUT2D eigenvalue weighted by atomic mass is 16.5. The number of hydrogen-bond acceptors (Lipinski definition) is 6. The van der Waals surface area contributed by atoms with Crippen molar-refractivity contribution in [1.82, 2.24) is 0 Å². The lowest BCUT2D eigenvalue weighted by Crippen LogP contribution is -2.56. The van der Waals surface area contributed by atoms with Gasteiger partial charge in [-0.2, -0.15) is 0 Å².